The predicted octanol–water partition coefficient (Wildman–Crippen LogP) is 1.05. The standard InChI is InChI=1S/C10H19NO2/c1-10(2,13)8(9(11)12)7-5-3-4-6-7/h7-8,13H,3-6H2,1-2H3,(H2,11,12). The third-order valence-electron chi connectivity index (χ3n) is 2.94. The van der Waals surface area contributed by atoms with E-state index in [2.05, 4.69) is 0 Å². The molecule has 1 aliphatic rings. The van der Waals surface area contributed by atoms with Crippen molar-refractivity contribution in [3.63, 3.8) is 0 Å². The third kappa shape index (κ3) is 2.44. The summed E-state index contributed by atoms with van der Waals surface area (Å²) in [6.07, 6.45) is 4.37. The number of nitrogens with two attached hydrogens (primary N) is 1. The molecule has 0 radical (unpaired) electrons. The number of carbonyl (C=O) groups excluding carboxylic acids is 1. The van der Waals surface area contributed by atoms with E-state index in [-0.39, 0.29) is 17.7 Å². The Bertz CT molecular complexity index is 190. The van der Waals surface area contributed by atoms with Crippen LogP contribution < -0.4 is 5.73 Å². The fourth-order valence-corrected chi connectivity index (χ4v) is 2.45. The zero-order valence-corrected chi connectivity index (χ0v) is 8.42. The molecule has 76 valence electrons. The molecule has 3 N–H and O–H groups in total. The van der Waals surface area contributed by atoms with E-state index < -0.39 is 5.60 Å². The van der Waals surface area contributed by atoms with Crippen molar-refractivity contribution < 1.29 is 9.90 Å². The summed E-state index contributed by atoms with van der Waals surface area (Å²) in [7, 11) is 0. The summed E-state index contributed by atoms with van der Waals surface area (Å²) >= 11 is 0. The van der Waals surface area contributed by atoms with Gasteiger partial charge in [0.15, 0.2) is 0 Å². The van der Waals surface area contributed by atoms with Crippen LogP contribution in [-0.4, -0.2) is 16.6 Å². The summed E-state index contributed by atoms with van der Waals surface area (Å²) in [6, 6.07) is 0. The van der Waals surface area contributed by atoms with Crippen LogP contribution in [-0.2, 0) is 4.79 Å². The van der Waals surface area contributed by atoms with Gasteiger partial charge in [0.2, 0.25) is 5.91 Å². The first-order valence-corrected chi connectivity index (χ1v) is 4.94. The van der Waals surface area contributed by atoms with Crippen molar-refractivity contribution in [3.05, 3.63) is 0 Å². The molecule has 0 spiro atoms. The molecule has 0 bridgehead atoms. The monoisotopic (exact) mass is 185 g/mol. The van der Waals surface area contributed by atoms with E-state index in [1.165, 1.54) is 0 Å². The van der Waals surface area contributed by atoms with Crippen molar-refractivity contribution in [3.8, 4) is 0 Å². The average Bonchev–Trinajstić information content (AvgIpc) is 2.34. The molecule has 1 atom stereocenters. The van der Waals surface area contributed by atoms with Crippen molar-refractivity contribution in [2.45, 2.75) is 45.1 Å². The van der Waals surface area contributed by atoms with Gasteiger partial charge in [0.25, 0.3) is 0 Å². The Hall–Kier alpha value is -0.570. The molecule has 1 saturated carbocycles. The van der Waals surface area contributed by atoms with Gasteiger partial charge in [-0.15, -0.1) is 0 Å². The van der Waals surface area contributed by atoms with Crippen LogP contribution >= 0.6 is 0 Å². The maximum atomic E-state index is 11.2. The Morgan fingerprint density at radius 2 is 1.92 bits per heavy atom. The minimum absolute atomic E-state index is 0.289. The maximum Gasteiger partial charge on any atom is 0.223 e. The molecule has 3 nitrogen and oxygen atoms in total. The average molecular weight is 185 g/mol. The molecule has 1 rings (SSSR count). The second-order valence-electron chi connectivity index (χ2n) is 4.58. The quantitative estimate of drug-likeness (QED) is 0.690. The molecule has 0 saturated heterocycles. The molecule has 13 heavy (non-hydrogen) atoms. The zero-order chi connectivity index (χ0) is 10.1. The number of carbonyl (C=O) groups is 1. The van der Waals surface area contributed by atoms with Crippen molar-refractivity contribution >= 4 is 5.91 Å². The number of hydrogen-bond acceptors (Lipinski definition) is 2. The Morgan fingerprint density at radius 3 is 2.23 bits per heavy atom. The van der Waals surface area contributed by atoms with Gasteiger partial charge >= 0.3 is 0 Å². The van der Waals surface area contributed by atoms with Crippen LogP contribution in [0.15, 0.2) is 0 Å². The molecule has 1 aliphatic carbocycles. The van der Waals surface area contributed by atoms with Gasteiger partial charge in [0, 0.05) is 0 Å². The third-order valence-corrected chi connectivity index (χ3v) is 2.94. The highest BCUT2D eigenvalue weighted by atomic mass is 16.3. The van der Waals surface area contributed by atoms with Crippen LogP contribution in [0.5, 0.6) is 0 Å². The van der Waals surface area contributed by atoms with Gasteiger partial charge in [-0.05, 0) is 32.6 Å². The van der Waals surface area contributed by atoms with E-state index in [0.29, 0.717) is 0 Å². The molecule has 1 amide bonds. The Kier molecular flexibility index (Phi) is 2.96. The Labute approximate surface area is 79.3 Å². The Balaban J connectivity index is 2.72. The molecule has 0 aromatic rings. The minimum atomic E-state index is -0.971. The fourth-order valence-electron chi connectivity index (χ4n) is 2.45. The van der Waals surface area contributed by atoms with Crippen LogP contribution in [0.2, 0.25) is 0 Å². The summed E-state index contributed by atoms with van der Waals surface area (Å²) in [6.45, 7) is 3.33. The first kappa shape index (κ1) is 10.5. The van der Waals surface area contributed by atoms with Crippen LogP contribution in [0.4, 0.5) is 0 Å². The van der Waals surface area contributed by atoms with Crippen LogP contribution in [0.25, 0.3) is 0 Å². The number of primary amides is 1. The van der Waals surface area contributed by atoms with E-state index in [1.54, 1.807) is 13.8 Å². The molecule has 3 heteroatoms. The molecule has 0 heterocycles. The first-order chi connectivity index (χ1) is 5.93. The number of rotatable bonds is 3. The second-order valence-corrected chi connectivity index (χ2v) is 4.58. The lowest BCUT2D eigenvalue weighted by molar-refractivity contribution is -0.132. The highest BCUT2D eigenvalue weighted by molar-refractivity contribution is 5.78. The molecular formula is C10H19NO2. The maximum absolute atomic E-state index is 11.2. The SMILES string of the molecule is CC(C)(O)C(C(N)=O)C1CCCC1. The van der Waals surface area contributed by atoms with Gasteiger partial charge in [-0.3, -0.25) is 4.79 Å². The second kappa shape index (κ2) is 3.66. The summed E-state index contributed by atoms with van der Waals surface area (Å²) in [5.74, 6) is -0.452. The highest BCUT2D eigenvalue weighted by Gasteiger charge is 2.39. The van der Waals surface area contributed by atoms with E-state index in [4.69, 9.17) is 5.73 Å². The van der Waals surface area contributed by atoms with Crippen molar-refractivity contribution in [2.24, 2.45) is 17.6 Å². The van der Waals surface area contributed by atoms with Crippen LogP contribution in [0.3, 0.4) is 0 Å². The van der Waals surface area contributed by atoms with Gasteiger partial charge in [0.05, 0.1) is 11.5 Å². The fraction of sp³-hybridized carbons (Fsp3) is 0.900. The van der Waals surface area contributed by atoms with E-state index in [1.807, 2.05) is 0 Å². The zero-order valence-electron chi connectivity index (χ0n) is 8.42. The number of hydrogen-bond donors (Lipinski definition) is 2. The lowest BCUT2D eigenvalue weighted by Crippen LogP contribution is -2.44. The van der Waals surface area contributed by atoms with Crippen molar-refractivity contribution in [1.82, 2.24) is 0 Å². The molecular weight excluding hydrogens is 166 g/mol. The molecule has 0 aliphatic heterocycles. The Morgan fingerprint density at radius 1 is 1.46 bits per heavy atom. The van der Waals surface area contributed by atoms with Crippen LogP contribution in [0.1, 0.15) is 39.5 Å². The van der Waals surface area contributed by atoms with Crippen LogP contribution in [0, 0.1) is 11.8 Å². The summed E-state index contributed by atoms with van der Waals surface area (Å²) in [4.78, 5) is 11.2. The van der Waals surface area contributed by atoms with E-state index >= 15 is 0 Å². The number of aliphatic hydroxyl groups is 1. The van der Waals surface area contributed by atoms with Gasteiger partial charge < -0.3 is 10.8 Å². The topological polar surface area (TPSA) is 63.3 Å². The summed E-state index contributed by atoms with van der Waals surface area (Å²) < 4.78 is 0. The van der Waals surface area contributed by atoms with Gasteiger partial charge in [-0.25, -0.2) is 0 Å². The number of amides is 1. The van der Waals surface area contributed by atoms with Gasteiger partial charge in [-0.2, -0.15) is 0 Å². The molecule has 1 unspecified atom stereocenters. The van der Waals surface area contributed by atoms with E-state index in [9.17, 15) is 9.90 Å². The molecule has 0 aromatic heterocycles. The van der Waals surface area contributed by atoms with Crippen molar-refractivity contribution in [1.29, 1.82) is 0 Å². The van der Waals surface area contributed by atoms with Crippen molar-refractivity contribution in [2.75, 3.05) is 0 Å². The van der Waals surface area contributed by atoms with Gasteiger partial charge in [0.1, 0.15) is 0 Å². The summed E-state index contributed by atoms with van der Waals surface area (Å²) in [5, 5.41) is 9.81. The molecule has 0 aromatic carbocycles. The predicted molar refractivity (Wildman–Crippen MR) is 50.9 cm³/mol. The summed E-state index contributed by atoms with van der Waals surface area (Å²) in [5.41, 5.74) is 4.33. The minimum Gasteiger partial charge on any atom is -0.390 e. The lowest BCUT2D eigenvalue weighted by atomic mass is 9.79. The van der Waals surface area contributed by atoms with E-state index in [0.717, 1.165) is 25.7 Å². The van der Waals surface area contributed by atoms with Gasteiger partial charge in [-0.1, -0.05) is 12.8 Å². The largest absolute Gasteiger partial charge is 0.390 e. The normalized spacial score (nSPS) is 21.8. The molecule has 1 fully saturated rings. The first-order valence-electron chi connectivity index (χ1n) is 4.94. The smallest absolute Gasteiger partial charge is 0.223 e. The lowest BCUT2D eigenvalue weighted by Gasteiger charge is -2.31. The highest BCUT2D eigenvalue weighted by Crippen LogP contribution is 2.36.